The molecule has 160 valence electrons. The van der Waals surface area contributed by atoms with Crippen molar-refractivity contribution in [3.05, 3.63) is 35.3 Å². The first-order valence-electron chi connectivity index (χ1n) is 10.9. The normalized spacial score (nSPS) is 25.8. The lowest BCUT2D eigenvalue weighted by atomic mass is 9.71. The maximum Gasteiger partial charge on any atom is 0.267 e. The number of fused-ring (bicyclic) bond motifs is 1. The molecule has 0 bridgehead atoms. The number of carbonyl (C=O) groups excluding carboxylic acids is 2. The van der Waals surface area contributed by atoms with E-state index < -0.39 is 0 Å². The molecule has 1 aromatic heterocycles. The van der Waals surface area contributed by atoms with E-state index in [4.69, 9.17) is 0 Å². The van der Waals surface area contributed by atoms with Crippen molar-refractivity contribution in [3.63, 3.8) is 0 Å². The van der Waals surface area contributed by atoms with Crippen LogP contribution in [0.3, 0.4) is 0 Å². The number of hydrogen-bond donors (Lipinski definition) is 2. The number of aromatic nitrogens is 1. The zero-order chi connectivity index (χ0) is 21.0. The Kier molecular flexibility index (Phi) is 4.61. The van der Waals surface area contributed by atoms with Gasteiger partial charge in [0.25, 0.3) is 5.91 Å². The van der Waals surface area contributed by atoms with Crippen LogP contribution in [-0.2, 0) is 4.79 Å². The van der Waals surface area contributed by atoms with Crippen molar-refractivity contribution in [2.45, 2.75) is 51.6 Å². The van der Waals surface area contributed by atoms with Crippen LogP contribution in [-0.4, -0.2) is 64.9 Å². The third-order valence-electron chi connectivity index (χ3n) is 7.27. The molecule has 5 rings (SSSR count). The topological polar surface area (TPSA) is 68.4 Å². The fourth-order valence-electron chi connectivity index (χ4n) is 5.60. The molecule has 30 heavy (non-hydrogen) atoms. The summed E-state index contributed by atoms with van der Waals surface area (Å²) in [7, 11) is 0. The lowest BCUT2D eigenvalue weighted by Crippen LogP contribution is -2.74. The number of rotatable bonds is 3. The van der Waals surface area contributed by atoms with E-state index in [1.54, 1.807) is 19.1 Å². The molecule has 3 heterocycles. The van der Waals surface area contributed by atoms with Gasteiger partial charge in [0.05, 0.1) is 5.52 Å². The molecule has 0 radical (unpaired) electrons. The second-order valence-corrected chi connectivity index (χ2v) is 9.61. The highest BCUT2D eigenvalue weighted by molar-refractivity contribution is 5.99. The molecule has 6 nitrogen and oxygen atoms in total. The van der Waals surface area contributed by atoms with Crippen LogP contribution >= 0.6 is 0 Å². The maximum atomic E-state index is 14.1. The van der Waals surface area contributed by atoms with E-state index in [-0.39, 0.29) is 23.7 Å². The highest BCUT2D eigenvalue weighted by atomic mass is 19.1. The molecule has 2 saturated heterocycles. The lowest BCUT2D eigenvalue weighted by Gasteiger charge is -2.62. The summed E-state index contributed by atoms with van der Waals surface area (Å²) in [6.07, 6.45) is 4.19. The number of carbonyl (C=O) groups is 2. The van der Waals surface area contributed by atoms with Crippen molar-refractivity contribution in [2.24, 2.45) is 5.41 Å². The number of hydrogen-bond acceptors (Lipinski definition) is 3. The minimum Gasteiger partial charge on any atom is -0.350 e. The van der Waals surface area contributed by atoms with E-state index in [0.717, 1.165) is 57.4 Å². The predicted octanol–water partition coefficient (Wildman–Crippen LogP) is 2.82. The van der Waals surface area contributed by atoms with Gasteiger partial charge in [-0.1, -0.05) is 6.07 Å². The van der Waals surface area contributed by atoms with Crippen LogP contribution in [0.4, 0.5) is 4.39 Å². The number of H-pyrrole nitrogens is 1. The Hall–Kier alpha value is -2.41. The summed E-state index contributed by atoms with van der Waals surface area (Å²) in [5.74, 6) is -0.298. The molecule has 2 atom stereocenters. The molecule has 2 aromatic rings. The molecule has 2 N–H and O–H groups in total. The predicted molar refractivity (Wildman–Crippen MR) is 113 cm³/mol. The van der Waals surface area contributed by atoms with Gasteiger partial charge in [0.2, 0.25) is 5.91 Å². The van der Waals surface area contributed by atoms with Crippen LogP contribution in [0.25, 0.3) is 10.9 Å². The largest absolute Gasteiger partial charge is 0.350 e. The van der Waals surface area contributed by atoms with Gasteiger partial charge in [-0.2, -0.15) is 0 Å². The number of amides is 2. The fraction of sp³-hybridized carbons (Fsp3) is 0.565. The van der Waals surface area contributed by atoms with Gasteiger partial charge in [0.1, 0.15) is 11.5 Å². The molecule has 2 amide bonds. The van der Waals surface area contributed by atoms with Crippen LogP contribution in [0.5, 0.6) is 0 Å². The number of likely N-dealkylation sites (tertiary alicyclic amines) is 2. The monoisotopic (exact) mass is 412 g/mol. The fourth-order valence-corrected chi connectivity index (χ4v) is 5.60. The average Bonchev–Trinajstić information content (AvgIpc) is 3.10. The van der Waals surface area contributed by atoms with Gasteiger partial charge in [-0.3, -0.25) is 14.5 Å². The molecule has 2 aliphatic heterocycles. The van der Waals surface area contributed by atoms with Gasteiger partial charge < -0.3 is 15.2 Å². The average molecular weight is 413 g/mol. The zero-order valence-electron chi connectivity index (χ0n) is 17.6. The summed E-state index contributed by atoms with van der Waals surface area (Å²) in [6, 6.07) is 5.41. The molecule has 3 aliphatic rings. The Balaban J connectivity index is 1.18. The van der Waals surface area contributed by atoms with E-state index in [1.807, 2.05) is 11.8 Å². The number of aryl methyl sites for hydroxylation is 1. The standard InChI is InChI=1S/C23H29FN4O2/c1-14-6-7-19(24)18-9-20(26-21(14)18)22(30)25-16-4-3-5-17(8-16)28-12-23(13-28)10-27(11-23)15(2)29/h6-7,9,16-17,26H,3-5,8,10-13H2,1-2H3,(H,25,30)/t16-,17-/m1/s1. The zero-order valence-corrected chi connectivity index (χ0v) is 17.6. The first kappa shape index (κ1) is 19.5. The number of halogens is 1. The third-order valence-corrected chi connectivity index (χ3v) is 7.27. The van der Waals surface area contributed by atoms with Crippen molar-refractivity contribution < 1.29 is 14.0 Å². The van der Waals surface area contributed by atoms with E-state index in [1.165, 1.54) is 6.07 Å². The smallest absolute Gasteiger partial charge is 0.267 e. The van der Waals surface area contributed by atoms with Crippen molar-refractivity contribution >= 4 is 22.7 Å². The van der Waals surface area contributed by atoms with Gasteiger partial charge in [0, 0.05) is 56.0 Å². The molecule has 0 unspecified atom stereocenters. The van der Waals surface area contributed by atoms with Crippen LogP contribution in [0.2, 0.25) is 0 Å². The molecule has 1 spiro atoms. The van der Waals surface area contributed by atoms with Crippen molar-refractivity contribution in [1.82, 2.24) is 20.1 Å². The first-order chi connectivity index (χ1) is 14.3. The minimum absolute atomic E-state index is 0.139. The summed E-state index contributed by atoms with van der Waals surface area (Å²) in [4.78, 5) is 31.8. The summed E-state index contributed by atoms with van der Waals surface area (Å²) in [5.41, 5.74) is 2.35. The molecule has 7 heteroatoms. The number of aromatic amines is 1. The van der Waals surface area contributed by atoms with Crippen molar-refractivity contribution in [2.75, 3.05) is 26.2 Å². The highest BCUT2D eigenvalue weighted by Gasteiger charge is 2.54. The second kappa shape index (κ2) is 7.08. The molecular formula is C23H29FN4O2. The van der Waals surface area contributed by atoms with E-state index in [0.29, 0.717) is 28.1 Å². The Morgan fingerprint density at radius 2 is 1.97 bits per heavy atom. The van der Waals surface area contributed by atoms with Gasteiger partial charge in [0.15, 0.2) is 0 Å². The number of nitrogens with one attached hydrogen (secondary N) is 2. The molecular weight excluding hydrogens is 383 g/mol. The van der Waals surface area contributed by atoms with Gasteiger partial charge in [-0.15, -0.1) is 0 Å². The summed E-state index contributed by atoms with van der Waals surface area (Å²) in [5, 5.41) is 3.63. The number of benzene rings is 1. The molecule has 1 saturated carbocycles. The maximum absolute atomic E-state index is 14.1. The number of nitrogens with zero attached hydrogens (tertiary/aromatic N) is 2. The SMILES string of the molecule is CC(=O)N1CC2(C1)CN([C@@H]1CCC[C@@H](NC(=O)c3cc4c(F)ccc(C)c4[nH]3)C1)C2. The molecule has 3 fully saturated rings. The van der Waals surface area contributed by atoms with Crippen LogP contribution in [0.1, 0.15) is 48.7 Å². The Bertz CT molecular complexity index is 963. The molecule has 1 aliphatic carbocycles. The molecule has 1 aromatic carbocycles. The minimum atomic E-state index is -0.310. The quantitative estimate of drug-likeness (QED) is 0.815. The summed E-state index contributed by atoms with van der Waals surface area (Å²) >= 11 is 0. The summed E-state index contributed by atoms with van der Waals surface area (Å²) in [6.45, 7) is 7.44. The van der Waals surface area contributed by atoms with Gasteiger partial charge in [-0.05, 0) is 50.3 Å². The van der Waals surface area contributed by atoms with E-state index in [2.05, 4.69) is 15.2 Å². The van der Waals surface area contributed by atoms with E-state index in [9.17, 15) is 14.0 Å². The summed E-state index contributed by atoms with van der Waals surface area (Å²) < 4.78 is 14.1. The van der Waals surface area contributed by atoms with Crippen LogP contribution in [0.15, 0.2) is 18.2 Å². The van der Waals surface area contributed by atoms with Crippen LogP contribution < -0.4 is 5.32 Å². The Labute approximate surface area is 175 Å². The van der Waals surface area contributed by atoms with Crippen molar-refractivity contribution in [1.29, 1.82) is 0 Å². The van der Waals surface area contributed by atoms with E-state index >= 15 is 0 Å². The van der Waals surface area contributed by atoms with Gasteiger partial charge >= 0.3 is 0 Å². The second-order valence-electron chi connectivity index (χ2n) is 9.61. The highest BCUT2D eigenvalue weighted by Crippen LogP contribution is 2.42. The Morgan fingerprint density at radius 3 is 2.67 bits per heavy atom. The Morgan fingerprint density at radius 1 is 1.20 bits per heavy atom. The lowest BCUT2D eigenvalue weighted by molar-refractivity contribution is -0.162. The van der Waals surface area contributed by atoms with Crippen molar-refractivity contribution in [3.8, 4) is 0 Å². The first-order valence-corrected chi connectivity index (χ1v) is 10.9. The van der Waals surface area contributed by atoms with Crippen LogP contribution in [0, 0.1) is 18.2 Å². The third kappa shape index (κ3) is 3.29. The van der Waals surface area contributed by atoms with Gasteiger partial charge in [-0.25, -0.2) is 4.39 Å².